The molecule has 1 aromatic heterocycles. The summed E-state index contributed by atoms with van der Waals surface area (Å²) in [6, 6.07) is 16.3. The molecule has 6 heteroatoms. The van der Waals surface area contributed by atoms with Crippen molar-refractivity contribution in [1.82, 2.24) is 20.1 Å². The van der Waals surface area contributed by atoms with Crippen LogP contribution in [0.2, 0.25) is 0 Å². The standard InChI is InChI=1S/C19H20N4OS/c1-15-3-2-4-17(9-15)11-25-12-19(24)21-10-16-5-7-18(8-6-16)23-14-20-13-22-23/h2-9,13-14H,10-12H2,1H3,(H,21,24). The van der Waals surface area contributed by atoms with E-state index < -0.39 is 0 Å². The van der Waals surface area contributed by atoms with E-state index in [9.17, 15) is 4.79 Å². The average Bonchev–Trinajstić information content (AvgIpc) is 3.15. The fourth-order valence-corrected chi connectivity index (χ4v) is 3.23. The summed E-state index contributed by atoms with van der Waals surface area (Å²) in [6.07, 6.45) is 3.16. The van der Waals surface area contributed by atoms with E-state index in [4.69, 9.17) is 0 Å². The lowest BCUT2D eigenvalue weighted by Crippen LogP contribution is -2.24. The highest BCUT2D eigenvalue weighted by Gasteiger charge is 2.03. The van der Waals surface area contributed by atoms with Crippen molar-refractivity contribution in [3.05, 3.63) is 77.9 Å². The lowest BCUT2D eigenvalue weighted by atomic mass is 10.2. The first kappa shape index (κ1) is 17.2. The Morgan fingerprint density at radius 3 is 2.72 bits per heavy atom. The van der Waals surface area contributed by atoms with E-state index in [-0.39, 0.29) is 5.91 Å². The van der Waals surface area contributed by atoms with E-state index in [1.54, 1.807) is 22.8 Å². The zero-order chi connectivity index (χ0) is 17.5. The summed E-state index contributed by atoms with van der Waals surface area (Å²) in [6.45, 7) is 2.61. The Bertz CT molecular complexity index is 816. The number of carbonyl (C=O) groups is 1. The maximum absolute atomic E-state index is 12.0. The van der Waals surface area contributed by atoms with E-state index in [1.165, 1.54) is 17.5 Å². The molecule has 0 unspecified atom stereocenters. The van der Waals surface area contributed by atoms with Crippen molar-refractivity contribution < 1.29 is 4.79 Å². The van der Waals surface area contributed by atoms with Crippen LogP contribution in [0.15, 0.2) is 61.2 Å². The van der Waals surface area contributed by atoms with Gasteiger partial charge in [-0.1, -0.05) is 42.0 Å². The number of rotatable bonds is 7. The van der Waals surface area contributed by atoms with Gasteiger partial charge in [0.1, 0.15) is 12.7 Å². The molecule has 0 saturated carbocycles. The molecular formula is C19H20N4OS. The molecular weight excluding hydrogens is 332 g/mol. The number of hydrogen-bond donors (Lipinski definition) is 1. The minimum absolute atomic E-state index is 0.0537. The van der Waals surface area contributed by atoms with Gasteiger partial charge in [-0.3, -0.25) is 4.79 Å². The normalized spacial score (nSPS) is 10.6. The highest BCUT2D eigenvalue weighted by Crippen LogP contribution is 2.13. The summed E-state index contributed by atoms with van der Waals surface area (Å²) in [5, 5.41) is 7.04. The first-order valence-corrected chi connectivity index (χ1v) is 9.20. The molecule has 2 aromatic carbocycles. The number of hydrogen-bond acceptors (Lipinski definition) is 4. The Balaban J connectivity index is 1.41. The van der Waals surface area contributed by atoms with Gasteiger partial charge in [-0.05, 0) is 30.2 Å². The fraction of sp³-hybridized carbons (Fsp3) is 0.211. The molecule has 128 valence electrons. The second-order valence-electron chi connectivity index (χ2n) is 5.77. The van der Waals surface area contributed by atoms with Gasteiger partial charge in [-0.2, -0.15) is 5.10 Å². The summed E-state index contributed by atoms with van der Waals surface area (Å²) in [7, 11) is 0. The summed E-state index contributed by atoms with van der Waals surface area (Å²) in [4.78, 5) is 15.9. The molecule has 0 aliphatic rings. The van der Waals surface area contributed by atoms with Crippen molar-refractivity contribution in [2.75, 3.05) is 5.75 Å². The number of aryl methyl sites for hydroxylation is 1. The Morgan fingerprint density at radius 2 is 2.00 bits per heavy atom. The Kier molecular flexibility index (Phi) is 5.85. The monoisotopic (exact) mass is 352 g/mol. The van der Waals surface area contributed by atoms with E-state index in [2.05, 4.69) is 40.5 Å². The molecule has 0 atom stereocenters. The molecule has 1 N–H and O–H groups in total. The predicted octanol–water partition coefficient (Wildman–Crippen LogP) is 3.13. The van der Waals surface area contributed by atoms with Crippen molar-refractivity contribution in [1.29, 1.82) is 0 Å². The SMILES string of the molecule is Cc1cccc(CSCC(=O)NCc2ccc(-n3cncn3)cc2)c1. The van der Waals surface area contributed by atoms with Crippen molar-refractivity contribution in [2.45, 2.75) is 19.2 Å². The van der Waals surface area contributed by atoms with Gasteiger partial charge in [0.2, 0.25) is 5.91 Å². The van der Waals surface area contributed by atoms with Crippen LogP contribution in [0.1, 0.15) is 16.7 Å². The van der Waals surface area contributed by atoms with Gasteiger partial charge in [-0.25, -0.2) is 9.67 Å². The van der Waals surface area contributed by atoms with Crippen molar-refractivity contribution in [3.8, 4) is 5.69 Å². The van der Waals surface area contributed by atoms with Crippen LogP contribution in [0, 0.1) is 6.92 Å². The van der Waals surface area contributed by atoms with Gasteiger partial charge in [0, 0.05) is 12.3 Å². The maximum Gasteiger partial charge on any atom is 0.230 e. The van der Waals surface area contributed by atoms with Crippen molar-refractivity contribution in [3.63, 3.8) is 0 Å². The van der Waals surface area contributed by atoms with Gasteiger partial charge in [0.05, 0.1) is 11.4 Å². The smallest absolute Gasteiger partial charge is 0.230 e. The fourth-order valence-electron chi connectivity index (χ4n) is 2.42. The third-order valence-corrected chi connectivity index (χ3v) is 4.70. The lowest BCUT2D eigenvalue weighted by Gasteiger charge is -2.07. The first-order valence-electron chi connectivity index (χ1n) is 8.04. The first-order chi connectivity index (χ1) is 12.2. The zero-order valence-electron chi connectivity index (χ0n) is 14.1. The lowest BCUT2D eigenvalue weighted by molar-refractivity contribution is -0.118. The molecule has 1 amide bonds. The van der Waals surface area contributed by atoms with Gasteiger partial charge in [0.25, 0.3) is 0 Å². The highest BCUT2D eigenvalue weighted by molar-refractivity contribution is 7.99. The summed E-state index contributed by atoms with van der Waals surface area (Å²) in [5.74, 6) is 1.37. The number of thioether (sulfide) groups is 1. The summed E-state index contributed by atoms with van der Waals surface area (Å²) < 4.78 is 1.70. The highest BCUT2D eigenvalue weighted by atomic mass is 32.2. The van der Waals surface area contributed by atoms with Crippen molar-refractivity contribution >= 4 is 17.7 Å². The van der Waals surface area contributed by atoms with E-state index in [0.717, 1.165) is 17.0 Å². The average molecular weight is 352 g/mol. The van der Waals surface area contributed by atoms with Crippen LogP contribution in [-0.4, -0.2) is 26.4 Å². The topological polar surface area (TPSA) is 59.8 Å². The Hall–Kier alpha value is -2.60. The predicted molar refractivity (Wildman–Crippen MR) is 101 cm³/mol. The number of nitrogens with one attached hydrogen (secondary N) is 1. The molecule has 0 saturated heterocycles. The summed E-state index contributed by atoms with van der Waals surface area (Å²) >= 11 is 1.63. The van der Waals surface area contributed by atoms with Crippen LogP contribution in [0.5, 0.6) is 0 Å². The Labute approximate surface area is 151 Å². The van der Waals surface area contributed by atoms with E-state index in [1.807, 2.05) is 30.3 Å². The third-order valence-electron chi connectivity index (χ3n) is 3.69. The zero-order valence-corrected chi connectivity index (χ0v) is 14.9. The largest absolute Gasteiger partial charge is 0.351 e. The number of aromatic nitrogens is 3. The van der Waals surface area contributed by atoms with Gasteiger partial charge in [-0.15, -0.1) is 11.8 Å². The molecule has 0 aliphatic carbocycles. The molecule has 0 aliphatic heterocycles. The van der Waals surface area contributed by atoms with Crippen LogP contribution < -0.4 is 5.32 Å². The number of carbonyl (C=O) groups excluding carboxylic acids is 1. The minimum atomic E-state index is 0.0537. The van der Waals surface area contributed by atoms with Crippen LogP contribution in [0.25, 0.3) is 5.69 Å². The second kappa shape index (κ2) is 8.48. The molecule has 0 bridgehead atoms. The van der Waals surface area contributed by atoms with Crippen LogP contribution in [-0.2, 0) is 17.1 Å². The van der Waals surface area contributed by atoms with Crippen LogP contribution >= 0.6 is 11.8 Å². The number of amides is 1. The van der Waals surface area contributed by atoms with Gasteiger partial charge >= 0.3 is 0 Å². The maximum atomic E-state index is 12.0. The molecule has 0 fully saturated rings. The van der Waals surface area contributed by atoms with E-state index in [0.29, 0.717) is 12.3 Å². The van der Waals surface area contributed by atoms with Crippen LogP contribution in [0.3, 0.4) is 0 Å². The molecule has 0 spiro atoms. The summed E-state index contributed by atoms with van der Waals surface area (Å²) in [5.41, 5.74) is 4.50. The minimum Gasteiger partial charge on any atom is -0.351 e. The molecule has 3 rings (SSSR count). The molecule has 5 nitrogen and oxygen atoms in total. The third kappa shape index (κ3) is 5.19. The molecule has 1 heterocycles. The van der Waals surface area contributed by atoms with Crippen LogP contribution in [0.4, 0.5) is 0 Å². The van der Waals surface area contributed by atoms with Crippen molar-refractivity contribution in [2.24, 2.45) is 0 Å². The molecule has 3 aromatic rings. The number of nitrogens with zero attached hydrogens (tertiary/aromatic N) is 3. The molecule has 25 heavy (non-hydrogen) atoms. The molecule has 0 radical (unpaired) electrons. The quantitative estimate of drug-likeness (QED) is 0.710. The van der Waals surface area contributed by atoms with E-state index >= 15 is 0 Å². The van der Waals surface area contributed by atoms with Gasteiger partial charge in [0.15, 0.2) is 0 Å². The second-order valence-corrected chi connectivity index (χ2v) is 6.75. The Morgan fingerprint density at radius 1 is 1.16 bits per heavy atom. The number of benzene rings is 2. The van der Waals surface area contributed by atoms with Gasteiger partial charge < -0.3 is 5.32 Å².